The van der Waals surface area contributed by atoms with Crippen LogP contribution in [0.5, 0.6) is 0 Å². The number of hydrogen-bond acceptors (Lipinski definition) is 4. The highest BCUT2D eigenvalue weighted by molar-refractivity contribution is 6.00. The fraction of sp³-hybridized carbons (Fsp3) is 0.778. The first-order chi connectivity index (χ1) is 10.5. The van der Waals surface area contributed by atoms with Crippen molar-refractivity contribution in [1.29, 1.82) is 0 Å². The van der Waals surface area contributed by atoms with Crippen molar-refractivity contribution in [1.82, 2.24) is 0 Å². The van der Waals surface area contributed by atoms with Crippen LogP contribution in [0.15, 0.2) is 11.1 Å². The third-order valence-electron chi connectivity index (χ3n) is 3.30. The Morgan fingerprint density at radius 1 is 0.818 bits per heavy atom. The standard InChI is InChI=1S/C18H32O4/c1-6-9-10-11-12-15(17(19)21-7-2)16(13-14(4)5)18(20)22-8-3/h14H,6-13H2,1-5H3/b16-15-. The quantitative estimate of drug-likeness (QED) is 0.322. The number of unbranched alkanes of at least 4 members (excludes halogenated alkanes) is 3. The molecule has 0 aromatic rings. The monoisotopic (exact) mass is 312 g/mol. The van der Waals surface area contributed by atoms with Gasteiger partial charge in [0.25, 0.3) is 0 Å². The van der Waals surface area contributed by atoms with E-state index in [1.54, 1.807) is 13.8 Å². The molecular weight excluding hydrogens is 280 g/mol. The van der Waals surface area contributed by atoms with E-state index >= 15 is 0 Å². The lowest BCUT2D eigenvalue weighted by Crippen LogP contribution is -2.18. The third-order valence-corrected chi connectivity index (χ3v) is 3.30. The van der Waals surface area contributed by atoms with E-state index < -0.39 is 0 Å². The maximum Gasteiger partial charge on any atom is 0.334 e. The van der Waals surface area contributed by atoms with E-state index in [0.29, 0.717) is 37.2 Å². The van der Waals surface area contributed by atoms with Crippen LogP contribution in [0.3, 0.4) is 0 Å². The van der Waals surface area contributed by atoms with Crippen LogP contribution in [0.25, 0.3) is 0 Å². The summed E-state index contributed by atoms with van der Waals surface area (Å²) in [7, 11) is 0. The molecule has 0 aromatic heterocycles. The summed E-state index contributed by atoms with van der Waals surface area (Å²) in [6.07, 6.45) is 5.34. The minimum absolute atomic E-state index is 0.277. The minimum atomic E-state index is -0.380. The van der Waals surface area contributed by atoms with Crippen LogP contribution in [-0.4, -0.2) is 25.2 Å². The molecule has 0 rings (SSSR count). The molecule has 0 atom stereocenters. The number of rotatable bonds is 11. The predicted octanol–water partition coefficient (Wildman–Crippen LogP) is 4.43. The van der Waals surface area contributed by atoms with Gasteiger partial charge in [-0.05, 0) is 39.0 Å². The summed E-state index contributed by atoms with van der Waals surface area (Å²) in [5.74, 6) is -0.475. The number of carbonyl (C=O) groups is 2. The second-order valence-electron chi connectivity index (χ2n) is 5.81. The molecule has 0 radical (unpaired) electrons. The maximum absolute atomic E-state index is 12.3. The van der Waals surface area contributed by atoms with Crippen LogP contribution in [-0.2, 0) is 19.1 Å². The van der Waals surface area contributed by atoms with Crippen molar-refractivity contribution in [3.63, 3.8) is 0 Å². The molecule has 0 saturated heterocycles. The predicted molar refractivity (Wildman–Crippen MR) is 88.5 cm³/mol. The molecule has 4 nitrogen and oxygen atoms in total. The normalized spacial score (nSPS) is 12.1. The molecule has 0 heterocycles. The van der Waals surface area contributed by atoms with E-state index in [-0.39, 0.29) is 17.9 Å². The van der Waals surface area contributed by atoms with E-state index in [1.807, 2.05) is 13.8 Å². The molecule has 0 fully saturated rings. The van der Waals surface area contributed by atoms with Crippen LogP contribution >= 0.6 is 0 Å². The molecule has 0 aromatic carbocycles. The number of esters is 2. The molecule has 0 aliphatic rings. The summed E-state index contributed by atoms with van der Waals surface area (Å²) in [4.78, 5) is 24.5. The van der Waals surface area contributed by atoms with E-state index in [9.17, 15) is 9.59 Å². The molecule has 0 saturated carbocycles. The molecule has 0 bridgehead atoms. The third kappa shape index (κ3) is 8.20. The highest BCUT2D eigenvalue weighted by atomic mass is 16.5. The van der Waals surface area contributed by atoms with Gasteiger partial charge in [-0.25, -0.2) is 9.59 Å². The van der Waals surface area contributed by atoms with Crippen LogP contribution in [0.4, 0.5) is 0 Å². The highest BCUT2D eigenvalue weighted by Crippen LogP contribution is 2.23. The Balaban J connectivity index is 5.32. The van der Waals surface area contributed by atoms with E-state index in [0.717, 1.165) is 25.7 Å². The molecule has 0 aliphatic carbocycles. The topological polar surface area (TPSA) is 52.6 Å². The van der Waals surface area contributed by atoms with E-state index in [2.05, 4.69) is 6.92 Å². The van der Waals surface area contributed by atoms with Crippen molar-refractivity contribution in [2.75, 3.05) is 13.2 Å². The molecule has 0 N–H and O–H groups in total. The summed E-state index contributed by atoms with van der Waals surface area (Å²) in [5.41, 5.74) is 0.997. The van der Waals surface area contributed by atoms with Crippen LogP contribution in [0.2, 0.25) is 0 Å². The van der Waals surface area contributed by atoms with Gasteiger partial charge >= 0.3 is 11.9 Å². The van der Waals surface area contributed by atoms with Gasteiger partial charge in [0.1, 0.15) is 0 Å². The Hall–Kier alpha value is -1.32. The minimum Gasteiger partial charge on any atom is -0.463 e. The van der Waals surface area contributed by atoms with Gasteiger partial charge in [-0.2, -0.15) is 0 Å². The van der Waals surface area contributed by atoms with Gasteiger partial charge in [-0.15, -0.1) is 0 Å². The summed E-state index contributed by atoms with van der Waals surface area (Å²) in [5, 5.41) is 0. The van der Waals surface area contributed by atoms with Gasteiger partial charge in [-0.1, -0.05) is 40.0 Å². The first-order valence-corrected chi connectivity index (χ1v) is 8.54. The number of hydrogen-bond donors (Lipinski definition) is 0. The van der Waals surface area contributed by atoms with Gasteiger partial charge in [0.15, 0.2) is 0 Å². The molecule has 0 unspecified atom stereocenters. The molecular formula is C18H32O4. The lowest BCUT2D eigenvalue weighted by Gasteiger charge is -2.15. The van der Waals surface area contributed by atoms with Crippen molar-refractivity contribution in [2.24, 2.45) is 5.92 Å². The van der Waals surface area contributed by atoms with E-state index in [1.165, 1.54) is 0 Å². The highest BCUT2D eigenvalue weighted by Gasteiger charge is 2.23. The van der Waals surface area contributed by atoms with Crippen molar-refractivity contribution in [3.05, 3.63) is 11.1 Å². The Morgan fingerprint density at radius 2 is 1.36 bits per heavy atom. The second kappa shape index (κ2) is 12.2. The Morgan fingerprint density at radius 3 is 1.82 bits per heavy atom. The van der Waals surface area contributed by atoms with Gasteiger partial charge < -0.3 is 9.47 Å². The summed E-state index contributed by atoms with van der Waals surface area (Å²) < 4.78 is 10.3. The average molecular weight is 312 g/mol. The number of ether oxygens (including phenoxy) is 2. The van der Waals surface area contributed by atoms with Crippen molar-refractivity contribution in [2.45, 2.75) is 73.1 Å². The molecule has 22 heavy (non-hydrogen) atoms. The lowest BCUT2D eigenvalue weighted by molar-refractivity contribution is -0.142. The van der Waals surface area contributed by atoms with Crippen LogP contribution in [0, 0.1) is 5.92 Å². The molecule has 0 spiro atoms. The first-order valence-electron chi connectivity index (χ1n) is 8.54. The Labute approximate surface area is 135 Å². The van der Waals surface area contributed by atoms with Crippen LogP contribution < -0.4 is 0 Å². The summed E-state index contributed by atoms with van der Waals surface area (Å²) in [6, 6.07) is 0. The molecule has 4 heteroatoms. The van der Waals surface area contributed by atoms with Crippen LogP contribution in [0.1, 0.15) is 73.1 Å². The molecule has 0 aliphatic heterocycles. The van der Waals surface area contributed by atoms with E-state index in [4.69, 9.17) is 9.47 Å². The lowest BCUT2D eigenvalue weighted by atomic mass is 9.94. The summed E-state index contributed by atoms with van der Waals surface area (Å²) >= 11 is 0. The second-order valence-corrected chi connectivity index (χ2v) is 5.81. The molecule has 0 amide bonds. The maximum atomic E-state index is 12.3. The largest absolute Gasteiger partial charge is 0.463 e. The first kappa shape index (κ1) is 20.7. The van der Waals surface area contributed by atoms with Gasteiger partial charge in [-0.3, -0.25) is 0 Å². The zero-order chi connectivity index (χ0) is 17.0. The Bertz CT molecular complexity index is 369. The van der Waals surface area contributed by atoms with Crippen molar-refractivity contribution in [3.8, 4) is 0 Å². The zero-order valence-corrected chi connectivity index (χ0v) is 14.9. The summed E-state index contributed by atoms with van der Waals surface area (Å²) in [6.45, 7) is 10.4. The smallest absolute Gasteiger partial charge is 0.334 e. The van der Waals surface area contributed by atoms with Gasteiger partial charge in [0.2, 0.25) is 0 Å². The Kier molecular flexibility index (Phi) is 11.5. The fourth-order valence-electron chi connectivity index (χ4n) is 2.28. The zero-order valence-electron chi connectivity index (χ0n) is 14.9. The SMILES string of the molecule is CCCCCC/C(C(=O)OCC)=C(\CC(C)C)C(=O)OCC. The van der Waals surface area contributed by atoms with Gasteiger partial charge in [0, 0.05) is 11.1 Å². The molecule has 128 valence electrons. The van der Waals surface area contributed by atoms with Crippen molar-refractivity contribution < 1.29 is 19.1 Å². The van der Waals surface area contributed by atoms with Gasteiger partial charge in [0.05, 0.1) is 13.2 Å². The average Bonchev–Trinajstić information content (AvgIpc) is 2.45. The fourth-order valence-corrected chi connectivity index (χ4v) is 2.28. The number of carbonyl (C=O) groups excluding carboxylic acids is 2. The van der Waals surface area contributed by atoms with Crippen molar-refractivity contribution >= 4 is 11.9 Å².